The summed E-state index contributed by atoms with van der Waals surface area (Å²) in [5.74, 6) is 0. The first-order valence-corrected chi connectivity index (χ1v) is 6.96. The van der Waals surface area contributed by atoms with Crippen LogP contribution in [0, 0.1) is 5.41 Å². The highest BCUT2D eigenvalue weighted by atomic mass is 31.2. The van der Waals surface area contributed by atoms with Crippen molar-refractivity contribution in [3.05, 3.63) is 0 Å². The van der Waals surface area contributed by atoms with E-state index in [9.17, 15) is 5.11 Å². The number of aliphatic hydroxyl groups is 1. The van der Waals surface area contributed by atoms with Gasteiger partial charge in [-0.2, -0.15) is 0 Å². The lowest BCUT2D eigenvalue weighted by molar-refractivity contribution is -0.0832. The molecule has 0 saturated heterocycles. The monoisotopic (exact) mass is 292 g/mol. The quantitative estimate of drug-likeness (QED) is 0.358. The molecule has 0 aromatic carbocycles. The van der Waals surface area contributed by atoms with Gasteiger partial charge in [0, 0.05) is 7.11 Å². The van der Waals surface area contributed by atoms with E-state index < -0.39 is 35.3 Å². The van der Waals surface area contributed by atoms with Crippen LogP contribution in [-0.2, 0) is 13.8 Å². The van der Waals surface area contributed by atoms with Crippen LogP contribution in [0.4, 0.5) is 0 Å². The summed E-state index contributed by atoms with van der Waals surface area (Å²) in [5, 5.41) is 9.35. The van der Waals surface area contributed by atoms with Crippen molar-refractivity contribution in [3.8, 4) is 0 Å². The molecule has 104 valence electrons. The Labute approximate surface area is 102 Å². The molecule has 1 unspecified atom stereocenters. The van der Waals surface area contributed by atoms with E-state index in [-0.39, 0.29) is 13.2 Å². The Bertz CT molecular complexity index is 190. The number of hydrogen-bond donors (Lipinski definition) is 5. The van der Waals surface area contributed by atoms with E-state index in [0.29, 0.717) is 0 Å². The summed E-state index contributed by atoms with van der Waals surface area (Å²) >= 11 is 0. The third-order valence-electron chi connectivity index (χ3n) is 2.47. The van der Waals surface area contributed by atoms with Gasteiger partial charge in [-0.15, -0.1) is 0 Å². The molecule has 0 rings (SSSR count). The first kappa shape index (κ1) is 17.5. The summed E-state index contributed by atoms with van der Waals surface area (Å²) < 4.78 is 14.3. The SMILES string of the molecule is COC(C)C(CO)(COP(O)O)COP(O)O. The van der Waals surface area contributed by atoms with Gasteiger partial charge in [-0.25, -0.2) is 0 Å². The zero-order valence-corrected chi connectivity index (χ0v) is 11.3. The maximum atomic E-state index is 9.35. The normalized spacial score (nSPS) is 14.6. The van der Waals surface area contributed by atoms with Gasteiger partial charge >= 0.3 is 17.2 Å². The van der Waals surface area contributed by atoms with Crippen molar-refractivity contribution < 1.29 is 38.5 Å². The van der Waals surface area contributed by atoms with Crippen LogP contribution in [0.15, 0.2) is 0 Å². The van der Waals surface area contributed by atoms with Crippen LogP contribution in [0.5, 0.6) is 0 Å². The molecule has 10 heteroatoms. The lowest BCUT2D eigenvalue weighted by Gasteiger charge is -2.35. The molecule has 0 aromatic heterocycles. The highest BCUT2D eigenvalue weighted by Gasteiger charge is 2.38. The Hall–Kier alpha value is 0.540. The summed E-state index contributed by atoms with van der Waals surface area (Å²) in [6.45, 7) is 0.687. The van der Waals surface area contributed by atoms with E-state index in [1.165, 1.54) is 7.11 Å². The Morgan fingerprint density at radius 3 is 1.71 bits per heavy atom. The maximum Gasteiger partial charge on any atom is 0.327 e. The maximum absolute atomic E-state index is 9.35. The van der Waals surface area contributed by atoms with E-state index >= 15 is 0 Å². The van der Waals surface area contributed by atoms with E-state index in [2.05, 4.69) is 9.05 Å². The van der Waals surface area contributed by atoms with Crippen LogP contribution >= 0.6 is 17.2 Å². The van der Waals surface area contributed by atoms with Gasteiger partial charge in [-0.05, 0) is 6.92 Å². The van der Waals surface area contributed by atoms with Crippen molar-refractivity contribution in [2.24, 2.45) is 5.41 Å². The van der Waals surface area contributed by atoms with Crippen molar-refractivity contribution in [3.63, 3.8) is 0 Å². The molecular formula is C7H18O8P2. The molecule has 0 aromatic rings. The minimum Gasteiger partial charge on any atom is -0.396 e. The largest absolute Gasteiger partial charge is 0.396 e. The second-order valence-corrected chi connectivity index (χ2v) is 4.98. The number of aliphatic hydroxyl groups excluding tert-OH is 1. The van der Waals surface area contributed by atoms with Gasteiger partial charge in [0.15, 0.2) is 0 Å². The molecule has 1 atom stereocenters. The molecule has 0 saturated carbocycles. The summed E-state index contributed by atoms with van der Waals surface area (Å²) in [7, 11) is -3.74. The van der Waals surface area contributed by atoms with Gasteiger partial charge in [0.1, 0.15) is 0 Å². The topological polar surface area (TPSA) is 129 Å². The van der Waals surface area contributed by atoms with Gasteiger partial charge in [0.2, 0.25) is 0 Å². The molecule has 0 spiro atoms. The van der Waals surface area contributed by atoms with Crippen LogP contribution in [0.3, 0.4) is 0 Å². The molecule has 0 radical (unpaired) electrons. The Balaban J connectivity index is 4.62. The molecule has 0 heterocycles. The highest BCUT2D eigenvalue weighted by molar-refractivity contribution is 7.39. The van der Waals surface area contributed by atoms with Crippen LogP contribution in [0.1, 0.15) is 6.92 Å². The standard InChI is InChI=1S/C7H18O8P2/c1-6(13-2)7(3-8,4-14-16(9)10)5-15-17(11)12/h6,8-12H,3-5H2,1-2H3. The second-order valence-electron chi connectivity index (χ2n) is 3.45. The van der Waals surface area contributed by atoms with E-state index in [4.69, 9.17) is 24.3 Å². The summed E-state index contributed by atoms with van der Waals surface area (Å²) in [4.78, 5) is 34.7. The van der Waals surface area contributed by atoms with Gasteiger partial charge in [0.05, 0.1) is 31.3 Å². The average Bonchev–Trinajstić information content (AvgIpc) is 2.28. The van der Waals surface area contributed by atoms with Crippen molar-refractivity contribution in [2.45, 2.75) is 13.0 Å². The first-order valence-electron chi connectivity index (χ1n) is 4.63. The van der Waals surface area contributed by atoms with E-state index in [0.717, 1.165) is 0 Å². The Morgan fingerprint density at radius 2 is 1.47 bits per heavy atom. The fourth-order valence-corrected chi connectivity index (χ4v) is 1.86. The molecule has 0 aliphatic rings. The molecule has 5 N–H and O–H groups in total. The zero-order valence-electron chi connectivity index (χ0n) is 9.55. The molecule has 0 aliphatic carbocycles. The van der Waals surface area contributed by atoms with Gasteiger partial charge in [-0.1, -0.05) is 0 Å². The summed E-state index contributed by atoms with van der Waals surface area (Å²) in [6.07, 6.45) is -0.544. The molecule has 0 bridgehead atoms. The molecule has 0 fully saturated rings. The zero-order chi connectivity index (χ0) is 13.5. The molecule has 17 heavy (non-hydrogen) atoms. The number of hydrogen-bond acceptors (Lipinski definition) is 8. The van der Waals surface area contributed by atoms with Crippen LogP contribution < -0.4 is 0 Å². The van der Waals surface area contributed by atoms with Gasteiger partial charge in [0.25, 0.3) is 0 Å². The van der Waals surface area contributed by atoms with Crippen molar-refractivity contribution in [2.75, 3.05) is 26.9 Å². The Kier molecular flexibility index (Phi) is 8.88. The molecule has 0 aliphatic heterocycles. The van der Waals surface area contributed by atoms with Crippen LogP contribution in [-0.4, -0.2) is 57.7 Å². The van der Waals surface area contributed by atoms with Crippen molar-refractivity contribution in [1.82, 2.24) is 0 Å². The summed E-state index contributed by atoms with van der Waals surface area (Å²) in [6, 6.07) is 0. The Morgan fingerprint density at radius 1 is 1.06 bits per heavy atom. The predicted molar refractivity (Wildman–Crippen MR) is 60.6 cm³/mol. The average molecular weight is 292 g/mol. The second kappa shape index (κ2) is 8.61. The molecule has 8 nitrogen and oxygen atoms in total. The van der Waals surface area contributed by atoms with Crippen LogP contribution in [0.2, 0.25) is 0 Å². The fourth-order valence-electron chi connectivity index (χ4n) is 1.12. The van der Waals surface area contributed by atoms with Crippen LogP contribution in [0.25, 0.3) is 0 Å². The number of ether oxygens (including phenoxy) is 1. The van der Waals surface area contributed by atoms with Crippen molar-refractivity contribution >= 4 is 17.2 Å². The smallest absolute Gasteiger partial charge is 0.327 e. The molecular weight excluding hydrogens is 274 g/mol. The number of methoxy groups -OCH3 is 1. The number of rotatable bonds is 9. The lowest BCUT2D eigenvalue weighted by Crippen LogP contribution is -2.45. The lowest BCUT2D eigenvalue weighted by atomic mass is 9.85. The minimum absolute atomic E-state index is 0.250. The minimum atomic E-state index is -2.57. The fraction of sp³-hybridized carbons (Fsp3) is 1.00. The highest BCUT2D eigenvalue weighted by Crippen LogP contribution is 2.36. The summed E-state index contributed by atoms with van der Waals surface area (Å²) in [5.41, 5.74) is -1.10. The van der Waals surface area contributed by atoms with Gasteiger partial charge < -0.3 is 38.5 Å². The third kappa shape index (κ3) is 6.31. The van der Waals surface area contributed by atoms with E-state index in [1.54, 1.807) is 6.92 Å². The predicted octanol–water partition coefficient (Wildman–Crippen LogP) is -0.544. The van der Waals surface area contributed by atoms with Gasteiger partial charge in [-0.3, -0.25) is 0 Å². The first-order chi connectivity index (χ1) is 7.88. The third-order valence-corrected chi connectivity index (χ3v) is 3.19. The van der Waals surface area contributed by atoms with E-state index in [1.807, 2.05) is 0 Å². The van der Waals surface area contributed by atoms with Crippen molar-refractivity contribution in [1.29, 1.82) is 0 Å². The molecule has 0 amide bonds.